The predicted octanol–water partition coefficient (Wildman–Crippen LogP) is 0.681. The normalized spacial score (nSPS) is 19.7. The van der Waals surface area contributed by atoms with Crippen LogP contribution >= 0.6 is 0 Å². The third-order valence-corrected chi connectivity index (χ3v) is 3.30. The largest absolute Gasteiger partial charge is 0.337 e. The van der Waals surface area contributed by atoms with Crippen molar-refractivity contribution in [2.75, 3.05) is 19.6 Å². The molecule has 4 N–H and O–H groups in total. The molecule has 0 spiro atoms. The molecule has 0 radical (unpaired) electrons. The van der Waals surface area contributed by atoms with Gasteiger partial charge in [0.1, 0.15) is 0 Å². The van der Waals surface area contributed by atoms with Gasteiger partial charge in [-0.05, 0) is 24.4 Å². The van der Waals surface area contributed by atoms with Gasteiger partial charge < -0.3 is 5.32 Å². The highest BCUT2D eigenvalue weighted by Crippen LogP contribution is 2.17. The molecule has 1 fully saturated rings. The second-order valence-corrected chi connectivity index (χ2v) is 4.73. The van der Waals surface area contributed by atoms with Gasteiger partial charge in [-0.2, -0.15) is 0 Å². The van der Waals surface area contributed by atoms with Crippen molar-refractivity contribution in [3.63, 3.8) is 0 Å². The highest BCUT2D eigenvalue weighted by Gasteiger charge is 2.22. The monoisotopic (exact) mass is 248 g/mol. The number of benzene rings is 1. The zero-order valence-electron chi connectivity index (χ0n) is 10.4. The first-order valence-corrected chi connectivity index (χ1v) is 6.28. The summed E-state index contributed by atoms with van der Waals surface area (Å²) in [6, 6.07) is 10.1. The van der Waals surface area contributed by atoms with E-state index in [9.17, 15) is 4.79 Å². The summed E-state index contributed by atoms with van der Waals surface area (Å²) in [6.07, 6.45) is 1.12. The lowest BCUT2D eigenvalue weighted by molar-refractivity contribution is 0.238. The van der Waals surface area contributed by atoms with Gasteiger partial charge in [0.05, 0.1) is 0 Å². The number of likely N-dealkylation sites (tertiary alicyclic amines) is 1. The van der Waals surface area contributed by atoms with Crippen molar-refractivity contribution in [2.45, 2.75) is 13.0 Å². The van der Waals surface area contributed by atoms with Crippen LogP contribution in [0.3, 0.4) is 0 Å². The maximum absolute atomic E-state index is 11.0. The molecule has 1 atom stereocenters. The number of hydrazine groups is 1. The maximum Gasteiger partial charge on any atom is 0.328 e. The topological polar surface area (TPSA) is 70.4 Å². The highest BCUT2D eigenvalue weighted by atomic mass is 16.2. The first-order valence-electron chi connectivity index (χ1n) is 6.28. The summed E-state index contributed by atoms with van der Waals surface area (Å²) in [7, 11) is 0. The standard InChI is InChI=1S/C13H20N4O/c14-16-13(18)15-8-12-6-7-17(10-12)9-11-4-2-1-3-5-11/h1-5,12H,6-10,14H2,(H2,15,16,18). The van der Waals surface area contributed by atoms with Gasteiger partial charge in [0.25, 0.3) is 0 Å². The summed E-state index contributed by atoms with van der Waals surface area (Å²) in [4.78, 5) is 13.4. The maximum atomic E-state index is 11.0. The molecular weight excluding hydrogens is 228 g/mol. The Hall–Kier alpha value is -1.59. The summed E-state index contributed by atoms with van der Waals surface area (Å²) in [5.41, 5.74) is 3.42. The lowest BCUT2D eigenvalue weighted by atomic mass is 10.1. The van der Waals surface area contributed by atoms with E-state index in [0.29, 0.717) is 12.5 Å². The fraction of sp³-hybridized carbons (Fsp3) is 0.462. The van der Waals surface area contributed by atoms with Crippen molar-refractivity contribution in [1.82, 2.24) is 15.6 Å². The Labute approximate surface area is 107 Å². The Kier molecular flexibility index (Phi) is 4.55. The van der Waals surface area contributed by atoms with Crippen LogP contribution in [0.1, 0.15) is 12.0 Å². The summed E-state index contributed by atoms with van der Waals surface area (Å²) in [6.45, 7) is 3.79. The molecule has 5 nitrogen and oxygen atoms in total. The van der Waals surface area contributed by atoms with Crippen LogP contribution in [0.15, 0.2) is 30.3 Å². The molecule has 5 heteroatoms. The summed E-state index contributed by atoms with van der Waals surface area (Å²) < 4.78 is 0. The highest BCUT2D eigenvalue weighted by molar-refractivity contribution is 5.72. The van der Waals surface area contributed by atoms with Crippen molar-refractivity contribution in [2.24, 2.45) is 11.8 Å². The average molecular weight is 248 g/mol. The van der Waals surface area contributed by atoms with Crippen LogP contribution in [0.25, 0.3) is 0 Å². The minimum atomic E-state index is -0.309. The second kappa shape index (κ2) is 6.37. The van der Waals surface area contributed by atoms with Crippen LogP contribution in [0.2, 0.25) is 0 Å². The Bertz CT molecular complexity index is 382. The van der Waals surface area contributed by atoms with Crippen LogP contribution in [0.4, 0.5) is 4.79 Å². The molecule has 1 aromatic rings. The molecule has 1 aliphatic rings. The third kappa shape index (κ3) is 3.72. The van der Waals surface area contributed by atoms with E-state index in [1.807, 2.05) is 6.07 Å². The zero-order valence-corrected chi connectivity index (χ0v) is 10.4. The minimum Gasteiger partial charge on any atom is -0.337 e. The summed E-state index contributed by atoms with van der Waals surface area (Å²) in [5, 5.41) is 2.76. The Morgan fingerprint density at radius 2 is 2.17 bits per heavy atom. The first-order chi connectivity index (χ1) is 8.78. The molecule has 1 heterocycles. The zero-order chi connectivity index (χ0) is 12.8. The number of carbonyl (C=O) groups is 1. The summed E-state index contributed by atoms with van der Waals surface area (Å²) >= 11 is 0. The molecule has 1 unspecified atom stereocenters. The van der Waals surface area contributed by atoms with Gasteiger partial charge in [0, 0.05) is 19.6 Å². The van der Waals surface area contributed by atoms with E-state index >= 15 is 0 Å². The molecule has 1 aliphatic heterocycles. The summed E-state index contributed by atoms with van der Waals surface area (Å²) in [5.74, 6) is 5.53. The minimum absolute atomic E-state index is 0.309. The van der Waals surface area contributed by atoms with Gasteiger partial charge in [-0.15, -0.1) is 0 Å². The van der Waals surface area contributed by atoms with Gasteiger partial charge in [0.15, 0.2) is 0 Å². The number of urea groups is 1. The van der Waals surface area contributed by atoms with Crippen molar-refractivity contribution < 1.29 is 4.79 Å². The third-order valence-electron chi connectivity index (χ3n) is 3.30. The van der Waals surface area contributed by atoms with E-state index in [-0.39, 0.29) is 6.03 Å². The van der Waals surface area contributed by atoms with Gasteiger partial charge in [0.2, 0.25) is 0 Å². The Morgan fingerprint density at radius 3 is 2.89 bits per heavy atom. The van der Waals surface area contributed by atoms with Gasteiger partial charge in [-0.1, -0.05) is 30.3 Å². The van der Waals surface area contributed by atoms with Crippen molar-refractivity contribution in [3.05, 3.63) is 35.9 Å². The molecule has 0 aromatic heterocycles. The molecule has 1 saturated heterocycles. The molecule has 1 aromatic carbocycles. The number of carbonyl (C=O) groups excluding carboxylic acids is 1. The molecule has 2 amide bonds. The lowest BCUT2D eigenvalue weighted by Gasteiger charge is -2.16. The van der Waals surface area contributed by atoms with E-state index in [0.717, 1.165) is 26.1 Å². The van der Waals surface area contributed by atoms with Crippen LogP contribution in [-0.4, -0.2) is 30.6 Å². The van der Waals surface area contributed by atoms with E-state index in [2.05, 4.69) is 39.9 Å². The van der Waals surface area contributed by atoms with Crippen LogP contribution in [0.5, 0.6) is 0 Å². The number of amides is 2. The van der Waals surface area contributed by atoms with Crippen molar-refractivity contribution >= 4 is 6.03 Å². The number of rotatable bonds is 4. The van der Waals surface area contributed by atoms with Gasteiger partial charge >= 0.3 is 6.03 Å². The molecule has 0 bridgehead atoms. The number of hydrogen-bond acceptors (Lipinski definition) is 3. The number of nitrogens with one attached hydrogen (secondary N) is 2. The molecule has 0 aliphatic carbocycles. The number of nitrogens with zero attached hydrogens (tertiary/aromatic N) is 1. The Balaban J connectivity index is 1.73. The lowest BCUT2D eigenvalue weighted by Crippen LogP contribution is -2.42. The van der Waals surface area contributed by atoms with Crippen LogP contribution < -0.4 is 16.6 Å². The van der Waals surface area contributed by atoms with E-state index in [4.69, 9.17) is 5.84 Å². The predicted molar refractivity (Wildman–Crippen MR) is 70.5 cm³/mol. The van der Waals surface area contributed by atoms with Crippen molar-refractivity contribution in [1.29, 1.82) is 0 Å². The van der Waals surface area contributed by atoms with Crippen LogP contribution in [-0.2, 0) is 6.54 Å². The van der Waals surface area contributed by atoms with E-state index in [1.54, 1.807) is 0 Å². The van der Waals surface area contributed by atoms with E-state index in [1.165, 1.54) is 5.56 Å². The quantitative estimate of drug-likeness (QED) is 0.417. The molecular formula is C13H20N4O. The van der Waals surface area contributed by atoms with Gasteiger partial charge in [-0.25, -0.2) is 10.6 Å². The molecule has 2 rings (SSSR count). The Morgan fingerprint density at radius 1 is 1.39 bits per heavy atom. The second-order valence-electron chi connectivity index (χ2n) is 4.73. The number of nitrogens with two attached hydrogens (primary N) is 1. The molecule has 98 valence electrons. The van der Waals surface area contributed by atoms with Gasteiger partial charge in [-0.3, -0.25) is 10.3 Å². The van der Waals surface area contributed by atoms with Crippen LogP contribution in [0, 0.1) is 5.92 Å². The van der Waals surface area contributed by atoms with Crippen molar-refractivity contribution in [3.8, 4) is 0 Å². The SMILES string of the molecule is NNC(=O)NCC1CCN(Cc2ccccc2)C1. The first kappa shape index (κ1) is 12.9. The smallest absolute Gasteiger partial charge is 0.328 e. The molecule has 18 heavy (non-hydrogen) atoms. The fourth-order valence-electron chi connectivity index (χ4n) is 2.35. The fourth-order valence-corrected chi connectivity index (χ4v) is 2.35. The van der Waals surface area contributed by atoms with E-state index < -0.39 is 0 Å². The molecule has 0 saturated carbocycles. The average Bonchev–Trinajstić information content (AvgIpc) is 2.85. The number of hydrogen-bond donors (Lipinski definition) is 3.